The van der Waals surface area contributed by atoms with E-state index in [4.69, 9.17) is 0 Å². The minimum atomic E-state index is -0.267. The first-order valence-corrected chi connectivity index (χ1v) is 7.18. The summed E-state index contributed by atoms with van der Waals surface area (Å²) in [6.45, 7) is 1.49. The van der Waals surface area contributed by atoms with E-state index in [1.807, 2.05) is 4.90 Å². The third-order valence-electron chi connectivity index (χ3n) is 3.43. The molecule has 1 amide bonds. The van der Waals surface area contributed by atoms with Crippen molar-refractivity contribution in [2.75, 3.05) is 6.54 Å². The van der Waals surface area contributed by atoms with E-state index in [1.54, 1.807) is 23.5 Å². The van der Waals surface area contributed by atoms with Crippen molar-refractivity contribution in [1.82, 2.24) is 4.90 Å². The highest BCUT2D eigenvalue weighted by molar-refractivity contribution is 7.10. The number of carbonyl (C=O) groups is 1. The van der Waals surface area contributed by atoms with Gasteiger partial charge in [0.1, 0.15) is 5.82 Å². The van der Waals surface area contributed by atoms with E-state index >= 15 is 0 Å². The van der Waals surface area contributed by atoms with Gasteiger partial charge in [-0.1, -0.05) is 12.1 Å². The first kappa shape index (κ1) is 12.4. The molecule has 0 bridgehead atoms. The van der Waals surface area contributed by atoms with Gasteiger partial charge in [0.15, 0.2) is 0 Å². The van der Waals surface area contributed by atoms with Crippen molar-refractivity contribution in [3.05, 3.63) is 57.5 Å². The normalized spacial score (nSPS) is 14.3. The van der Waals surface area contributed by atoms with Gasteiger partial charge >= 0.3 is 0 Å². The highest BCUT2D eigenvalue weighted by Gasteiger charge is 2.21. The zero-order chi connectivity index (χ0) is 13.2. The fourth-order valence-electron chi connectivity index (χ4n) is 2.35. The molecule has 0 spiro atoms. The molecule has 0 saturated carbocycles. The molecule has 0 unspecified atom stereocenters. The molecule has 1 aromatic heterocycles. The van der Waals surface area contributed by atoms with E-state index < -0.39 is 0 Å². The molecule has 4 heteroatoms. The Hall–Kier alpha value is -1.68. The topological polar surface area (TPSA) is 20.3 Å². The van der Waals surface area contributed by atoms with Crippen LogP contribution in [0.5, 0.6) is 0 Å². The summed E-state index contributed by atoms with van der Waals surface area (Å²) in [4.78, 5) is 15.5. The van der Waals surface area contributed by atoms with Crippen LogP contribution in [0.25, 0.3) is 0 Å². The molecule has 2 aromatic rings. The maximum atomic E-state index is 12.8. The average molecular weight is 275 g/mol. The van der Waals surface area contributed by atoms with Gasteiger partial charge in [0, 0.05) is 18.0 Å². The maximum Gasteiger partial charge on any atom is 0.227 e. The summed E-state index contributed by atoms with van der Waals surface area (Å²) in [5.41, 5.74) is 2.13. The molecule has 0 fully saturated rings. The van der Waals surface area contributed by atoms with Crippen LogP contribution in [-0.4, -0.2) is 17.4 Å². The number of carbonyl (C=O) groups excluding carboxylic acids is 1. The Bertz CT molecular complexity index is 590. The summed E-state index contributed by atoms with van der Waals surface area (Å²) in [7, 11) is 0. The lowest BCUT2D eigenvalue weighted by Crippen LogP contribution is -2.36. The molecule has 1 aromatic carbocycles. The highest BCUT2D eigenvalue weighted by Crippen LogP contribution is 2.24. The van der Waals surface area contributed by atoms with Crippen LogP contribution in [0.4, 0.5) is 4.39 Å². The van der Waals surface area contributed by atoms with Crippen LogP contribution in [-0.2, 0) is 24.2 Å². The second-order valence-corrected chi connectivity index (χ2v) is 5.74. The molecule has 3 rings (SSSR count). The minimum absolute atomic E-state index is 0.114. The Labute approximate surface area is 115 Å². The van der Waals surface area contributed by atoms with E-state index in [1.165, 1.54) is 22.6 Å². The fraction of sp³-hybridized carbons (Fsp3) is 0.267. The SMILES string of the molecule is O=C(Cc1ccc(F)cc1)N1CCc2sccc2C1. The number of nitrogens with zero attached hydrogens (tertiary/aromatic N) is 1. The second kappa shape index (κ2) is 5.13. The van der Waals surface area contributed by atoms with Gasteiger partial charge in [0.05, 0.1) is 6.42 Å². The van der Waals surface area contributed by atoms with Crippen molar-refractivity contribution in [1.29, 1.82) is 0 Å². The van der Waals surface area contributed by atoms with Gasteiger partial charge in [-0.15, -0.1) is 11.3 Å². The fourth-order valence-corrected chi connectivity index (χ4v) is 3.24. The van der Waals surface area contributed by atoms with Crippen LogP contribution in [0.15, 0.2) is 35.7 Å². The molecule has 2 heterocycles. The summed E-state index contributed by atoms with van der Waals surface area (Å²) in [5, 5.41) is 2.08. The number of halogens is 1. The van der Waals surface area contributed by atoms with Crippen molar-refractivity contribution < 1.29 is 9.18 Å². The van der Waals surface area contributed by atoms with Crippen LogP contribution in [0, 0.1) is 5.82 Å². The molecule has 0 N–H and O–H groups in total. The molecule has 98 valence electrons. The van der Waals surface area contributed by atoms with Gasteiger partial charge in [-0.05, 0) is 41.1 Å². The number of thiophene rings is 1. The van der Waals surface area contributed by atoms with Gasteiger partial charge in [0.25, 0.3) is 0 Å². The molecule has 19 heavy (non-hydrogen) atoms. The number of hydrogen-bond donors (Lipinski definition) is 0. The summed E-state index contributed by atoms with van der Waals surface area (Å²) < 4.78 is 12.8. The van der Waals surface area contributed by atoms with Crippen molar-refractivity contribution in [2.45, 2.75) is 19.4 Å². The lowest BCUT2D eigenvalue weighted by atomic mass is 10.1. The summed E-state index contributed by atoms with van der Waals surface area (Å²) in [6.07, 6.45) is 1.29. The molecular weight excluding hydrogens is 261 g/mol. The quantitative estimate of drug-likeness (QED) is 0.825. The molecule has 1 aliphatic heterocycles. The lowest BCUT2D eigenvalue weighted by Gasteiger charge is -2.27. The molecular formula is C15H14FNOS. The molecule has 0 radical (unpaired) electrons. The zero-order valence-electron chi connectivity index (χ0n) is 10.4. The Balaban J connectivity index is 1.67. The first-order valence-electron chi connectivity index (χ1n) is 6.30. The highest BCUT2D eigenvalue weighted by atomic mass is 32.1. The van der Waals surface area contributed by atoms with Crippen molar-refractivity contribution in [3.63, 3.8) is 0 Å². The van der Waals surface area contributed by atoms with E-state index in [0.29, 0.717) is 13.0 Å². The number of benzene rings is 1. The molecule has 0 aliphatic carbocycles. The van der Waals surface area contributed by atoms with Gasteiger partial charge in [0.2, 0.25) is 5.91 Å². The number of rotatable bonds is 2. The van der Waals surface area contributed by atoms with E-state index in [2.05, 4.69) is 11.4 Å². The number of hydrogen-bond acceptors (Lipinski definition) is 2. The van der Waals surface area contributed by atoms with Gasteiger partial charge in [-0.2, -0.15) is 0 Å². The Morgan fingerprint density at radius 2 is 2.05 bits per heavy atom. The van der Waals surface area contributed by atoms with Crippen molar-refractivity contribution in [3.8, 4) is 0 Å². The van der Waals surface area contributed by atoms with E-state index in [9.17, 15) is 9.18 Å². The van der Waals surface area contributed by atoms with Crippen molar-refractivity contribution in [2.24, 2.45) is 0 Å². The minimum Gasteiger partial charge on any atom is -0.338 e. The monoisotopic (exact) mass is 275 g/mol. The molecule has 2 nitrogen and oxygen atoms in total. The van der Waals surface area contributed by atoms with E-state index in [-0.39, 0.29) is 11.7 Å². The van der Waals surface area contributed by atoms with Crippen LogP contribution in [0.2, 0.25) is 0 Å². The largest absolute Gasteiger partial charge is 0.338 e. The smallest absolute Gasteiger partial charge is 0.227 e. The molecule has 1 aliphatic rings. The lowest BCUT2D eigenvalue weighted by molar-refractivity contribution is -0.131. The summed E-state index contributed by atoms with van der Waals surface area (Å²) >= 11 is 1.77. The Kier molecular flexibility index (Phi) is 3.34. The zero-order valence-corrected chi connectivity index (χ0v) is 11.3. The third-order valence-corrected chi connectivity index (χ3v) is 4.45. The van der Waals surface area contributed by atoms with Crippen LogP contribution in [0.3, 0.4) is 0 Å². The molecule has 0 saturated heterocycles. The van der Waals surface area contributed by atoms with Gasteiger partial charge in [-0.3, -0.25) is 4.79 Å². The standard InChI is InChI=1S/C15H14FNOS/c16-13-3-1-11(2-4-13)9-15(18)17-7-5-14-12(10-17)6-8-19-14/h1-4,6,8H,5,7,9-10H2. The number of fused-ring (bicyclic) bond motifs is 1. The third kappa shape index (κ3) is 2.68. The second-order valence-electron chi connectivity index (χ2n) is 4.74. The van der Waals surface area contributed by atoms with Crippen molar-refractivity contribution >= 4 is 17.2 Å². The first-order chi connectivity index (χ1) is 9.22. The van der Waals surface area contributed by atoms with Crippen LogP contribution >= 0.6 is 11.3 Å². The molecule has 0 atom stereocenters. The van der Waals surface area contributed by atoms with E-state index in [0.717, 1.165) is 18.5 Å². The Morgan fingerprint density at radius 3 is 2.84 bits per heavy atom. The summed E-state index contributed by atoms with van der Waals surface area (Å²) in [6, 6.07) is 8.24. The average Bonchev–Trinajstić information content (AvgIpc) is 2.88. The maximum absolute atomic E-state index is 12.8. The van der Waals surface area contributed by atoms with Gasteiger partial charge < -0.3 is 4.90 Å². The number of amides is 1. The van der Waals surface area contributed by atoms with Gasteiger partial charge in [-0.25, -0.2) is 4.39 Å². The predicted molar refractivity (Wildman–Crippen MR) is 73.5 cm³/mol. The predicted octanol–water partition coefficient (Wildman–Crippen LogP) is 3.01. The van der Waals surface area contributed by atoms with Crippen LogP contribution < -0.4 is 0 Å². The van der Waals surface area contributed by atoms with Crippen LogP contribution in [0.1, 0.15) is 16.0 Å². The summed E-state index contributed by atoms with van der Waals surface area (Å²) in [5.74, 6) is -0.152. The Morgan fingerprint density at radius 1 is 1.26 bits per heavy atom.